The molecule has 0 spiro atoms. The van der Waals surface area contributed by atoms with Crippen molar-refractivity contribution in [3.63, 3.8) is 0 Å². The molecule has 2 heterocycles. The van der Waals surface area contributed by atoms with E-state index in [-0.39, 0.29) is 49.7 Å². The number of piperazine rings is 1. The van der Waals surface area contributed by atoms with Gasteiger partial charge < -0.3 is 20.2 Å². The lowest BCUT2D eigenvalue weighted by Crippen LogP contribution is -2.76. The molecule has 0 aliphatic carbocycles. The van der Waals surface area contributed by atoms with Crippen LogP contribution in [0.2, 0.25) is 0 Å². The molecule has 2 fully saturated rings. The van der Waals surface area contributed by atoms with E-state index in [2.05, 4.69) is 11.2 Å². The van der Waals surface area contributed by atoms with Crippen LogP contribution in [-0.4, -0.2) is 74.6 Å². The van der Waals surface area contributed by atoms with Gasteiger partial charge in [0.25, 0.3) is 0 Å². The maximum Gasteiger partial charge on any atom is 0.334 e. The highest BCUT2D eigenvalue weighted by Crippen LogP contribution is 2.33. The molecule has 9 nitrogen and oxygen atoms in total. The lowest BCUT2D eigenvalue weighted by atomic mass is 9.96. The third-order valence-corrected chi connectivity index (χ3v) is 7.66. The van der Waals surface area contributed by atoms with Crippen molar-refractivity contribution in [2.75, 3.05) is 19.6 Å². The Morgan fingerprint density at radius 1 is 1.00 bits per heavy atom. The Labute approximate surface area is 239 Å². The van der Waals surface area contributed by atoms with Crippen molar-refractivity contribution >= 4 is 17.8 Å². The molecule has 0 unspecified atom stereocenters. The van der Waals surface area contributed by atoms with E-state index in [1.165, 1.54) is 5.01 Å². The molecule has 9 heteroatoms. The van der Waals surface area contributed by atoms with Gasteiger partial charge in [-0.05, 0) is 35.7 Å². The second-order valence-electron chi connectivity index (χ2n) is 10.3. The minimum atomic E-state index is -0.852. The molecule has 3 atom stereocenters. The number of hydrazine groups is 1. The SMILES string of the molecule is C#CCN1CC(=O)N2[C@@H](Cc3ccc(O)cc3)C(=O)N([C@H](C)c3ccccc3)C[C@@H]2N1C(=O)NCc1ccccc1. The Balaban J connectivity index is 1.52. The van der Waals surface area contributed by atoms with Crippen LogP contribution in [0.5, 0.6) is 5.75 Å². The summed E-state index contributed by atoms with van der Waals surface area (Å²) in [4.78, 5) is 44.8. The molecule has 5 rings (SSSR count). The number of fused-ring (bicyclic) bond motifs is 1. The zero-order valence-electron chi connectivity index (χ0n) is 22.9. The maximum atomic E-state index is 14.1. The van der Waals surface area contributed by atoms with Crippen molar-refractivity contribution in [1.29, 1.82) is 0 Å². The first-order valence-corrected chi connectivity index (χ1v) is 13.6. The molecule has 2 saturated heterocycles. The van der Waals surface area contributed by atoms with Gasteiger partial charge in [-0.3, -0.25) is 9.59 Å². The first kappa shape index (κ1) is 27.7. The Hall–Kier alpha value is -4.81. The summed E-state index contributed by atoms with van der Waals surface area (Å²) in [6.45, 7) is 2.28. The summed E-state index contributed by atoms with van der Waals surface area (Å²) in [5, 5.41) is 15.8. The summed E-state index contributed by atoms with van der Waals surface area (Å²) in [6, 6.07) is 24.2. The van der Waals surface area contributed by atoms with E-state index in [1.807, 2.05) is 67.6 Å². The third-order valence-electron chi connectivity index (χ3n) is 7.66. The number of phenols is 1. The van der Waals surface area contributed by atoms with E-state index in [1.54, 1.807) is 39.1 Å². The van der Waals surface area contributed by atoms with Crippen LogP contribution in [0.25, 0.3) is 0 Å². The molecule has 210 valence electrons. The average molecular weight is 552 g/mol. The zero-order valence-corrected chi connectivity index (χ0v) is 22.9. The number of nitrogens with one attached hydrogen (secondary N) is 1. The minimum Gasteiger partial charge on any atom is -0.508 e. The largest absolute Gasteiger partial charge is 0.508 e. The van der Waals surface area contributed by atoms with Crippen LogP contribution in [-0.2, 0) is 22.6 Å². The Morgan fingerprint density at radius 2 is 1.66 bits per heavy atom. The topological polar surface area (TPSA) is 96.4 Å². The van der Waals surface area contributed by atoms with Gasteiger partial charge in [0.1, 0.15) is 18.0 Å². The molecule has 3 aromatic rings. The van der Waals surface area contributed by atoms with E-state index >= 15 is 0 Å². The average Bonchev–Trinajstić information content (AvgIpc) is 2.99. The third kappa shape index (κ3) is 5.88. The molecule has 41 heavy (non-hydrogen) atoms. The Kier molecular flexibility index (Phi) is 8.22. The molecule has 3 aromatic carbocycles. The Bertz CT molecular complexity index is 1420. The highest BCUT2D eigenvalue weighted by molar-refractivity contribution is 5.92. The second kappa shape index (κ2) is 12.1. The van der Waals surface area contributed by atoms with Gasteiger partial charge in [0.15, 0.2) is 0 Å². The standard InChI is InChI=1S/C32H33N5O4/c1-3-18-34-22-30(39)36-28(19-24-14-16-27(38)17-15-24)31(40)35(23(2)26-12-8-5-9-13-26)21-29(36)37(34)32(41)33-20-25-10-6-4-7-11-25/h1,4-17,23,28-29,38H,18-22H2,2H3,(H,33,41)/t23-,28+,29+/m1/s1. The molecule has 2 N–H and O–H groups in total. The number of aromatic hydroxyl groups is 1. The zero-order chi connectivity index (χ0) is 28.9. The number of terminal acetylenes is 1. The summed E-state index contributed by atoms with van der Waals surface area (Å²) in [5.74, 6) is 2.20. The highest BCUT2D eigenvalue weighted by Gasteiger charge is 2.52. The number of nitrogens with zero attached hydrogens (tertiary/aromatic N) is 4. The Morgan fingerprint density at radius 3 is 2.32 bits per heavy atom. The number of phenolic OH excluding ortho intramolecular Hbond substituents is 1. The van der Waals surface area contributed by atoms with E-state index in [9.17, 15) is 19.5 Å². The number of hydrogen-bond donors (Lipinski definition) is 2. The van der Waals surface area contributed by atoms with Crippen LogP contribution in [0, 0.1) is 12.3 Å². The molecule has 2 aliphatic rings. The molecule has 4 amide bonds. The highest BCUT2D eigenvalue weighted by atomic mass is 16.3. The molecule has 0 aromatic heterocycles. The number of urea groups is 1. The maximum absolute atomic E-state index is 14.1. The van der Waals surface area contributed by atoms with Crippen molar-refractivity contribution in [1.82, 2.24) is 25.1 Å². The first-order valence-electron chi connectivity index (χ1n) is 13.6. The van der Waals surface area contributed by atoms with Crippen LogP contribution in [0.15, 0.2) is 84.9 Å². The quantitative estimate of drug-likeness (QED) is 0.440. The lowest BCUT2D eigenvalue weighted by molar-refractivity contribution is -0.190. The van der Waals surface area contributed by atoms with Crippen LogP contribution >= 0.6 is 0 Å². The predicted molar refractivity (Wildman–Crippen MR) is 154 cm³/mol. The molecular formula is C32H33N5O4. The smallest absolute Gasteiger partial charge is 0.334 e. The van der Waals surface area contributed by atoms with Crippen LogP contribution < -0.4 is 5.32 Å². The molecule has 0 saturated carbocycles. The molecule has 0 bridgehead atoms. The fraction of sp³-hybridized carbons (Fsp3) is 0.281. The van der Waals surface area contributed by atoms with Gasteiger partial charge >= 0.3 is 6.03 Å². The summed E-state index contributed by atoms with van der Waals surface area (Å²) < 4.78 is 0. The van der Waals surface area contributed by atoms with Crippen molar-refractivity contribution in [2.45, 2.75) is 38.1 Å². The predicted octanol–water partition coefficient (Wildman–Crippen LogP) is 3.14. The summed E-state index contributed by atoms with van der Waals surface area (Å²) in [6.07, 6.45) is 5.11. The minimum absolute atomic E-state index is 0.0552. The fourth-order valence-electron chi connectivity index (χ4n) is 5.57. The first-order chi connectivity index (χ1) is 19.9. The molecular weight excluding hydrogens is 518 g/mol. The van der Waals surface area contributed by atoms with Crippen molar-refractivity contribution < 1.29 is 19.5 Å². The monoisotopic (exact) mass is 551 g/mol. The van der Waals surface area contributed by atoms with Gasteiger partial charge in [0.05, 0.1) is 25.7 Å². The van der Waals surface area contributed by atoms with Gasteiger partial charge in [-0.1, -0.05) is 78.7 Å². The summed E-state index contributed by atoms with van der Waals surface area (Å²) in [5.41, 5.74) is 2.66. The second-order valence-corrected chi connectivity index (χ2v) is 10.3. The van der Waals surface area contributed by atoms with E-state index in [0.29, 0.717) is 6.54 Å². The normalized spacial score (nSPS) is 19.9. The van der Waals surface area contributed by atoms with E-state index in [4.69, 9.17) is 6.42 Å². The van der Waals surface area contributed by atoms with Gasteiger partial charge in [0, 0.05) is 13.0 Å². The fourth-order valence-corrected chi connectivity index (χ4v) is 5.57. The van der Waals surface area contributed by atoms with Crippen molar-refractivity contribution in [3.8, 4) is 18.1 Å². The van der Waals surface area contributed by atoms with Crippen LogP contribution in [0.3, 0.4) is 0 Å². The van der Waals surface area contributed by atoms with Gasteiger partial charge in [0.2, 0.25) is 11.8 Å². The van der Waals surface area contributed by atoms with Crippen LogP contribution in [0.1, 0.15) is 29.7 Å². The molecule has 0 radical (unpaired) electrons. The number of amides is 4. The van der Waals surface area contributed by atoms with Crippen molar-refractivity contribution in [2.24, 2.45) is 0 Å². The van der Waals surface area contributed by atoms with Crippen LogP contribution in [0.4, 0.5) is 4.79 Å². The number of rotatable bonds is 7. The number of carbonyl (C=O) groups is 3. The molecule has 2 aliphatic heterocycles. The lowest BCUT2D eigenvalue weighted by Gasteiger charge is -2.55. The summed E-state index contributed by atoms with van der Waals surface area (Å²) in [7, 11) is 0. The van der Waals surface area contributed by atoms with E-state index in [0.717, 1.165) is 16.7 Å². The van der Waals surface area contributed by atoms with Gasteiger partial charge in [-0.25, -0.2) is 9.80 Å². The number of benzene rings is 3. The van der Waals surface area contributed by atoms with E-state index < -0.39 is 18.2 Å². The van der Waals surface area contributed by atoms with Crippen molar-refractivity contribution in [3.05, 3.63) is 102 Å². The van der Waals surface area contributed by atoms with Gasteiger partial charge in [-0.15, -0.1) is 6.42 Å². The van der Waals surface area contributed by atoms with Gasteiger partial charge in [-0.2, -0.15) is 5.01 Å². The summed E-state index contributed by atoms with van der Waals surface area (Å²) >= 11 is 0. The number of hydrogen-bond acceptors (Lipinski definition) is 5. The number of carbonyl (C=O) groups excluding carboxylic acids is 3.